The molecule has 2 rings (SSSR count). The molecule has 1 saturated carbocycles. The summed E-state index contributed by atoms with van der Waals surface area (Å²) in [7, 11) is 0. The summed E-state index contributed by atoms with van der Waals surface area (Å²) in [6, 6.07) is 0. The van der Waals surface area contributed by atoms with Crippen LogP contribution in [0.5, 0.6) is 0 Å². The highest BCUT2D eigenvalue weighted by Crippen LogP contribution is 2.35. The zero-order chi connectivity index (χ0) is 15.3. The molecule has 1 aliphatic carbocycles. The third-order valence-electron chi connectivity index (χ3n) is 6.32. The first-order chi connectivity index (χ1) is 9.99. The molecule has 0 radical (unpaired) electrons. The first-order valence-corrected chi connectivity index (χ1v) is 9.74. The molecular weight excluding hydrogens is 254 g/mol. The Morgan fingerprint density at radius 1 is 0.857 bits per heavy atom. The van der Waals surface area contributed by atoms with Crippen LogP contribution in [0.25, 0.3) is 0 Å². The van der Waals surface area contributed by atoms with Crippen molar-refractivity contribution in [3.05, 3.63) is 0 Å². The molecule has 2 fully saturated rings. The lowest BCUT2D eigenvalue weighted by atomic mass is 9.83. The molecule has 0 aromatic carbocycles. The lowest BCUT2D eigenvalue weighted by Crippen LogP contribution is -2.43. The van der Waals surface area contributed by atoms with Crippen LogP contribution in [0.2, 0.25) is 0 Å². The van der Waals surface area contributed by atoms with Crippen LogP contribution < -0.4 is 0 Å². The molecule has 21 heavy (non-hydrogen) atoms. The molecule has 2 aliphatic rings. The summed E-state index contributed by atoms with van der Waals surface area (Å²) in [5.74, 6) is 2.87. The van der Waals surface area contributed by atoms with Gasteiger partial charge < -0.3 is 0 Å². The molecule has 1 saturated heterocycles. The van der Waals surface area contributed by atoms with Gasteiger partial charge in [-0.1, -0.05) is 58.8 Å². The van der Waals surface area contributed by atoms with E-state index in [0.717, 1.165) is 17.8 Å². The summed E-state index contributed by atoms with van der Waals surface area (Å²) in [6.45, 7) is 12.5. The second kappa shape index (κ2) is 7.99. The van der Waals surface area contributed by atoms with Crippen molar-refractivity contribution < 1.29 is 0 Å². The van der Waals surface area contributed by atoms with Crippen molar-refractivity contribution in [2.24, 2.45) is 17.8 Å². The first kappa shape index (κ1) is 17.3. The molecule has 0 N–H and O–H groups in total. The quantitative estimate of drug-likeness (QED) is 0.625. The predicted octanol–water partition coefficient (Wildman–Crippen LogP) is 5.88. The van der Waals surface area contributed by atoms with Crippen LogP contribution in [0.1, 0.15) is 91.9 Å². The highest BCUT2D eigenvalue weighted by Gasteiger charge is 2.31. The van der Waals surface area contributed by atoms with E-state index in [2.05, 4.69) is 32.6 Å². The Balaban J connectivity index is 1.84. The average molecular weight is 294 g/mol. The fourth-order valence-electron chi connectivity index (χ4n) is 4.83. The van der Waals surface area contributed by atoms with Gasteiger partial charge in [0.05, 0.1) is 0 Å². The van der Waals surface area contributed by atoms with Crippen LogP contribution in [0.3, 0.4) is 0 Å². The molecule has 0 bridgehead atoms. The lowest BCUT2D eigenvalue weighted by Gasteiger charge is -2.38. The van der Waals surface area contributed by atoms with E-state index in [9.17, 15) is 0 Å². The summed E-state index contributed by atoms with van der Waals surface area (Å²) in [4.78, 5) is 2.76. The summed E-state index contributed by atoms with van der Waals surface area (Å²) >= 11 is 0. The fraction of sp³-hybridized carbons (Fsp3) is 1.00. The molecule has 1 aliphatic heterocycles. The third kappa shape index (κ3) is 5.27. The second-order valence-electron chi connectivity index (χ2n) is 8.80. The smallest absolute Gasteiger partial charge is 0.0155 e. The Bertz CT molecular complexity index is 288. The summed E-state index contributed by atoms with van der Waals surface area (Å²) < 4.78 is 0. The van der Waals surface area contributed by atoms with E-state index in [1.165, 1.54) is 77.3 Å². The fourth-order valence-corrected chi connectivity index (χ4v) is 4.83. The van der Waals surface area contributed by atoms with Gasteiger partial charge in [0.15, 0.2) is 0 Å². The van der Waals surface area contributed by atoms with Gasteiger partial charge in [-0.05, 0) is 64.0 Å². The van der Waals surface area contributed by atoms with Gasteiger partial charge >= 0.3 is 0 Å². The van der Waals surface area contributed by atoms with Crippen molar-refractivity contribution in [3.8, 4) is 0 Å². The Labute approximate surface area is 133 Å². The monoisotopic (exact) mass is 293 g/mol. The van der Waals surface area contributed by atoms with Crippen LogP contribution >= 0.6 is 0 Å². The molecule has 2 atom stereocenters. The minimum atomic E-state index is 0.437. The van der Waals surface area contributed by atoms with Crippen molar-refractivity contribution >= 4 is 0 Å². The van der Waals surface area contributed by atoms with E-state index in [1.54, 1.807) is 0 Å². The highest BCUT2D eigenvalue weighted by molar-refractivity contribution is 4.87. The second-order valence-corrected chi connectivity index (χ2v) is 8.80. The molecular formula is C20H39N. The number of rotatable bonds is 4. The number of nitrogens with zero attached hydrogens (tertiary/aromatic N) is 1. The van der Waals surface area contributed by atoms with Gasteiger partial charge in [-0.2, -0.15) is 0 Å². The van der Waals surface area contributed by atoms with E-state index in [0.29, 0.717) is 5.54 Å². The van der Waals surface area contributed by atoms with Crippen molar-refractivity contribution in [1.29, 1.82) is 0 Å². The third-order valence-corrected chi connectivity index (χ3v) is 6.32. The van der Waals surface area contributed by atoms with Gasteiger partial charge in [-0.25, -0.2) is 0 Å². The highest BCUT2D eigenvalue weighted by atomic mass is 15.2. The molecule has 0 amide bonds. The minimum Gasteiger partial charge on any atom is -0.298 e. The van der Waals surface area contributed by atoms with E-state index in [-0.39, 0.29) is 0 Å². The summed E-state index contributed by atoms with van der Waals surface area (Å²) in [6.07, 6.45) is 14.6. The largest absolute Gasteiger partial charge is 0.298 e. The van der Waals surface area contributed by atoms with Gasteiger partial charge in [-0.15, -0.1) is 0 Å². The maximum atomic E-state index is 2.76. The molecule has 1 heterocycles. The summed E-state index contributed by atoms with van der Waals surface area (Å²) in [5.41, 5.74) is 0.437. The molecule has 2 unspecified atom stereocenters. The maximum Gasteiger partial charge on any atom is 0.0155 e. The molecule has 0 aromatic heterocycles. The van der Waals surface area contributed by atoms with Crippen LogP contribution in [-0.4, -0.2) is 23.5 Å². The SMILES string of the molecule is CC(C)C1CCCCC(CC(C)(C)N2CCCC2)CCC1. The molecule has 1 nitrogen and oxygen atoms in total. The van der Waals surface area contributed by atoms with Gasteiger partial charge in [0.1, 0.15) is 0 Å². The van der Waals surface area contributed by atoms with Crippen LogP contribution in [0.15, 0.2) is 0 Å². The normalized spacial score (nSPS) is 30.1. The first-order valence-electron chi connectivity index (χ1n) is 9.74. The summed E-state index contributed by atoms with van der Waals surface area (Å²) in [5, 5.41) is 0. The Morgan fingerprint density at radius 2 is 1.43 bits per heavy atom. The van der Waals surface area contributed by atoms with Gasteiger partial charge in [0.2, 0.25) is 0 Å². The van der Waals surface area contributed by atoms with Gasteiger partial charge in [0.25, 0.3) is 0 Å². The van der Waals surface area contributed by atoms with E-state index in [1.807, 2.05) is 0 Å². The minimum absolute atomic E-state index is 0.437. The lowest BCUT2D eigenvalue weighted by molar-refractivity contribution is 0.116. The van der Waals surface area contributed by atoms with Crippen LogP contribution in [0.4, 0.5) is 0 Å². The van der Waals surface area contributed by atoms with E-state index >= 15 is 0 Å². The maximum absolute atomic E-state index is 2.76. The topological polar surface area (TPSA) is 3.24 Å². The van der Waals surface area contributed by atoms with Gasteiger partial charge in [-0.3, -0.25) is 4.90 Å². The molecule has 0 spiro atoms. The number of likely N-dealkylation sites (tertiary alicyclic amines) is 1. The number of hydrogen-bond donors (Lipinski definition) is 0. The Kier molecular flexibility index (Phi) is 6.59. The Hall–Kier alpha value is -0.0400. The van der Waals surface area contributed by atoms with Crippen molar-refractivity contribution in [2.75, 3.05) is 13.1 Å². The predicted molar refractivity (Wildman–Crippen MR) is 93.6 cm³/mol. The van der Waals surface area contributed by atoms with Gasteiger partial charge in [0, 0.05) is 5.54 Å². The average Bonchev–Trinajstić information content (AvgIpc) is 2.96. The molecule has 1 heteroatoms. The van der Waals surface area contributed by atoms with E-state index < -0.39 is 0 Å². The zero-order valence-electron chi connectivity index (χ0n) is 15.2. The standard InChI is InChI=1S/C20H39N/c1-17(2)19-12-6-5-10-18(11-9-13-19)16-20(3,4)21-14-7-8-15-21/h17-19H,5-16H2,1-4H3. The van der Waals surface area contributed by atoms with Crippen molar-refractivity contribution in [2.45, 2.75) is 97.4 Å². The Morgan fingerprint density at radius 3 is 2.10 bits per heavy atom. The van der Waals surface area contributed by atoms with Crippen molar-refractivity contribution in [1.82, 2.24) is 4.90 Å². The number of hydrogen-bond acceptors (Lipinski definition) is 1. The van der Waals surface area contributed by atoms with Crippen LogP contribution in [-0.2, 0) is 0 Å². The van der Waals surface area contributed by atoms with Crippen LogP contribution in [0, 0.1) is 17.8 Å². The van der Waals surface area contributed by atoms with E-state index in [4.69, 9.17) is 0 Å². The molecule has 124 valence electrons. The molecule has 0 aromatic rings. The zero-order valence-corrected chi connectivity index (χ0v) is 15.2. The van der Waals surface area contributed by atoms with Crippen molar-refractivity contribution in [3.63, 3.8) is 0 Å².